The molecule has 0 aliphatic carbocycles. The van der Waals surface area contributed by atoms with E-state index < -0.39 is 0 Å². The number of carbonyl (C=O) groups excluding carboxylic acids is 1. The second-order valence-corrected chi connectivity index (χ2v) is 7.65. The van der Waals surface area contributed by atoms with Crippen LogP contribution in [0.4, 0.5) is 0 Å². The van der Waals surface area contributed by atoms with Gasteiger partial charge in [0.05, 0.1) is 24.9 Å². The van der Waals surface area contributed by atoms with Gasteiger partial charge in [-0.25, -0.2) is 0 Å². The number of nitrogens with one attached hydrogen (secondary N) is 1. The molecule has 0 bridgehead atoms. The minimum absolute atomic E-state index is 0.00452. The monoisotopic (exact) mass is 375 g/mol. The first-order chi connectivity index (χ1) is 12.1. The van der Waals surface area contributed by atoms with Crippen LogP contribution in [0.5, 0.6) is 0 Å². The summed E-state index contributed by atoms with van der Waals surface area (Å²) in [7, 11) is 1.42. The maximum Gasteiger partial charge on any atom is 0.305 e. The molecule has 1 aliphatic rings. The van der Waals surface area contributed by atoms with Gasteiger partial charge in [-0.3, -0.25) is 9.78 Å². The minimum Gasteiger partial charge on any atom is -0.469 e. The summed E-state index contributed by atoms with van der Waals surface area (Å²) in [6.45, 7) is 2.80. The molecular weight excluding hydrogens is 354 g/mol. The fourth-order valence-electron chi connectivity index (χ4n) is 3.06. The number of nitrogens with zero attached hydrogens (tertiary/aromatic N) is 2. The van der Waals surface area contributed by atoms with Crippen LogP contribution in [-0.4, -0.2) is 34.6 Å². The number of aryl methyl sites for hydroxylation is 1. The molecule has 0 aromatic carbocycles. The molecule has 3 heterocycles. The van der Waals surface area contributed by atoms with Crippen molar-refractivity contribution < 1.29 is 9.53 Å². The number of hydrogen-bond acceptors (Lipinski definition) is 5. The Morgan fingerprint density at radius 3 is 2.88 bits per heavy atom. The lowest BCUT2D eigenvalue weighted by Gasteiger charge is -2.26. The summed E-state index contributed by atoms with van der Waals surface area (Å²) in [5.74, 6) is -0.192. The van der Waals surface area contributed by atoms with Crippen LogP contribution in [0.3, 0.4) is 0 Å². The Labute approximate surface area is 157 Å². The summed E-state index contributed by atoms with van der Waals surface area (Å²) in [6, 6.07) is 10.3. The first kappa shape index (κ1) is 17.8. The zero-order valence-corrected chi connectivity index (χ0v) is 15.9. The Balaban J connectivity index is 1.85. The largest absolute Gasteiger partial charge is 0.469 e. The van der Waals surface area contributed by atoms with Gasteiger partial charge in [-0.15, -0.1) is 11.3 Å². The standard InChI is InChI=1S/C18H21N3O2S2/c1-12-8-9-14(25-12)17-16(13-6-3-4-10-19-13)20-18(24)21(17)11-5-7-15(22)23-2/h3-4,6,8-10,16-17H,5,7,11H2,1-2H3,(H,20,24)/t16-,17-/m1/s1. The van der Waals surface area contributed by atoms with E-state index >= 15 is 0 Å². The second-order valence-electron chi connectivity index (χ2n) is 5.95. The van der Waals surface area contributed by atoms with Crippen LogP contribution in [0.15, 0.2) is 36.5 Å². The SMILES string of the molecule is COC(=O)CCCN1C(=S)N[C@H](c2ccccn2)[C@H]1c1ccc(C)s1. The molecule has 1 saturated heterocycles. The molecule has 5 nitrogen and oxygen atoms in total. The Morgan fingerprint density at radius 1 is 1.40 bits per heavy atom. The topological polar surface area (TPSA) is 54.5 Å². The van der Waals surface area contributed by atoms with E-state index in [0.29, 0.717) is 24.5 Å². The number of carbonyl (C=O) groups is 1. The van der Waals surface area contributed by atoms with Crippen LogP contribution in [0.2, 0.25) is 0 Å². The number of rotatable bonds is 6. The number of ether oxygens (including phenoxy) is 1. The van der Waals surface area contributed by atoms with Gasteiger partial charge in [-0.1, -0.05) is 6.07 Å². The van der Waals surface area contributed by atoms with Gasteiger partial charge in [0.2, 0.25) is 0 Å². The predicted octanol–water partition coefficient (Wildman–Crippen LogP) is 3.38. The molecule has 2 aromatic heterocycles. The third-order valence-corrected chi connectivity index (χ3v) is 5.68. The van der Waals surface area contributed by atoms with E-state index in [9.17, 15) is 4.79 Å². The summed E-state index contributed by atoms with van der Waals surface area (Å²) >= 11 is 7.36. The zero-order valence-electron chi connectivity index (χ0n) is 14.3. The van der Waals surface area contributed by atoms with E-state index in [0.717, 1.165) is 5.69 Å². The number of hydrogen-bond donors (Lipinski definition) is 1. The Kier molecular flexibility index (Phi) is 5.65. The Bertz CT molecular complexity index is 748. The van der Waals surface area contributed by atoms with Crippen LogP contribution in [0.1, 0.15) is 40.4 Å². The minimum atomic E-state index is -0.192. The normalized spacial score (nSPS) is 19.8. The van der Waals surface area contributed by atoms with Crippen molar-refractivity contribution >= 4 is 34.6 Å². The van der Waals surface area contributed by atoms with Crippen LogP contribution in [0, 0.1) is 6.92 Å². The zero-order chi connectivity index (χ0) is 17.8. The number of esters is 1. The molecule has 0 unspecified atom stereocenters. The average molecular weight is 376 g/mol. The van der Waals surface area contributed by atoms with Crippen molar-refractivity contribution in [2.75, 3.05) is 13.7 Å². The smallest absolute Gasteiger partial charge is 0.305 e. The predicted molar refractivity (Wildman–Crippen MR) is 102 cm³/mol. The third-order valence-electron chi connectivity index (χ3n) is 4.26. The van der Waals surface area contributed by atoms with E-state index in [-0.39, 0.29) is 18.1 Å². The van der Waals surface area contributed by atoms with Gasteiger partial charge in [0, 0.05) is 28.9 Å². The Hall–Kier alpha value is -1.99. The van der Waals surface area contributed by atoms with Gasteiger partial charge >= 0.3 is 5.97 Å². The van der Waals surface area contributed by atoms with E-state index in [1.807, 2.05) is 18.2 Å². The molecule has 132 valence electrons. The van der Waals surface area contributed by atoms with Gasteiger partial charge < -0.3 is 15.0 Å². The molecule has 0 amide bonds. The molecule has 3 rings (SSSR count). The number of thiocarbonyl (C=S) groups is 1. The molecular formula is C18H21N3O2S2. The maximum absolute atomic E-state index is 11.4. The molecule has 7 heteroatoms. The molecule has 0 saturated carbocycles. The number of aromatic nitrogens is 1. The molecule has 1 fully saturated rings. The summed E-state index contributed by atoms with van der Waals surface area (Å²) in [5, 5.41) is 4.12. The van der Waals surface area contributed by atoms with Gasteiger partial charge in [0.15, 0.2) is 5.11 Å². The van der Waals surface area contributed by atoms with E-state index in [4.69, 9.17) is 17.0 Å². The van der Waals surface area contributed by atoms with Crippen molar-refractivity contribution in [1.29, 1.82) is 0 Å². The third kappa shape index (κ3) is 3.99. The van der Waals surface area contributed by atoms with Gasteiger partial charge in [-0.05, 0) is 49.8 Å². The number of pyridine rings is 1. The fraction of sp³-hybridized carbons (Fsp3) is 0.389. The summed E-state index contributed by atoms with van der Waals surface area (Å²) < 4.78 is 4.73. The van der Waals surface area contributed by atoms with Crippen molar-refractivity contribution in [3.05, 3.63) is 52.0 Å². The maximum atomic E-state index is 11.4. The molecule has 2 atom stereocenters. The fourth-order valence-corrected chi connectivity index (χ4v) is 4.42. The van der Waals surface area contributed by atoms with Gasteiger partial charge in [0.1, 0.15) is 0 Å². The highest BCUT2D eigenvalue weighted by Gasteiger charge is 2.40. The molecule has 0 spiro atoms. The molecule has 0 radical (unpaired) electrons. The van der Waals surface area contributed by atoms with Crippen LogP contribution in [-0.2, 0) is 9.53 Å². The molecule has 1 N–H and O–H groups in total. The molecule has 1 aliphatic heterocycles. The van der Waals surface area contributed by atoms with Crippen LogP contribution < -0.4 is 5.32 Å². The first-order valence-electron chi connectivity index (χ1n) is 8.21. The van der Waals surface area contributed by atoms with Crippen molar-refractivity contribution in [3.63, 3.8) is 0 Å². The van der Waals surface area contributed by atoms with Crippen molar-refractivity contribution in [3.8, 4) is 0 Å². The van der Waals surface area contributed by atoms with Crippen molar-refractivity contribution in [2.45, 2.75) is 31.8 Å². The lowest BCUT2D eigenvalue weighted by Crippen LogP contribution is -2.30. The lowest BCUT2D eigenvalue weighted by molar-refractivity contribution is -0.140. The first-order valence-corrected chi connectivity index (χ1v) is 9.44. The van der Waals surface area contributed by atoms with E-state index in [1.54, 1.807) is 17.5 Å². The molecule has 2 aromatic rings. The number of thiophene rings is 1. The number of methoxy groups -OCH3 is 1. The van der Waals surface area contributed by atoms with Gasteiger partial charge in [0.25, 0.3) is 0 Å². The highest BCUT2D eigenvalue weighted by atomic mass is 32.1. The second kappa shape index (κ2) is 7.93. The summed E-state index contributed by atoms with van der Waals surface area (Å²) in [6.07, 6.45) is 2.89. The van der Waals surface area contributed by atoms with Crippen LogP contribution >= 0.6 is 23.6 Å². The highest BCUT2D eigenvalue weighted by molar-refractivity contribution is 7.80. The van der Waals surface area contributed by atoms with Crippen molar-refractivity contribution in [2.24, 2.45) is 0 Å². The Morgan fingerprint density at radius 2 is 2.24 bits per heavy atom. The van der Waals surface area contributed by atoms with Gasteiger partial charge in [-0.2, -0.15) is 0 Å². The molecule has 25 heavy (non-hydrogen) atoms. The summed E-state index contributed by atoms with van der Waals surface area (Å²) in [4.78, 5) is 20.6. The van der Waals surface area contributed by atoms with E-state index in [1.165, 1.54) is 16.9 Å². The lowest BCUT2D eigenvalue weighted by atomic mass is 10.0. The average Bonchev–Trinajstić information content (AvgIpc) is 3.19. The summed E-state index contributed by atoms with van der Waals surface area (Å²) in [5.41, 5.74) is 0.969. The highest BCUT2D eigenvalue weighted by Crippen LogP contribution is 2.41. The van der Waals surface area contributed by atoms with Crippen LogP contribution in [0.25, 0.3) is 0 Å². The van der Waals surface area contributed by atoms with Crippen molar-refractivity contribution in [1.82, 2.24) is 15.2 Å². The quantitative estimate of drug-likeness (QED) is 0.617. The van der Waals surface area contributed by atoms with E-state index in [2.05, 4.69) is 34.3 Å².